The molecule has 3 rings (SSSR count). The van der Waals surface area contributed by atoms with Gasteiger partial charge in [0.05, 0.1) is 17.7 Å². The molecular weight excluding hydrogens is 386 g/mol. The van der Waals surface area contributed by atoms with Crippen LogP contribution in [0.5, 0.6) is 5.75 Å². The molecule has 1 aromatic heterocycles. The molecule has 0 saturated heterocycles. The van der Waals surface area contributed by atoms with Crippen molar-refractivity contribution in [2.24, 2.45) is 0 Å². The van der Waals surface area contributed by atoms with Crippen LogP contribution in [-0.4, -0.2) is 26.6 Å². The van der Waals surface area contributed by atoms with E-state index in [9.17, 15) is 18.3 Å². The molecule has 0 bridgehead atoms. The molecule has 0 spiro atoms. The Balaban J connectivity index is 1.98. The highest BCUT2D eigenvalue weighted by Gasteiger charge is 2.22. The molecule has 6 nitrogen and oxygen atoms in total. The lowest BCUT2D eigenvalue weighted by Crippen LogP contribution is -2.14. The number of rotatable bonds is 6. The topological polar surface area (TPSA) is 92.7 Å². The van der Waals surface area contributed by atoms with Gasteiger partial charge in [-0.2, -0.15) is 0 Å². The molecule has 1 heterocycles. The molecule has 0 unspecified atom stereocenters. The average Bonchev–Trinajstić information content (AvgIpc) is 3.05. The van der Waals surface area contributed by atoms with E-state index in [4.69, 9.17) is 4.74 Å². The third kappa shape index (κ3) is 4.12. The molecule has 140 valence electrons. The SMILES string of the molecule is COc1ccc(-c2cc(NS(=O)(=O)c3ccc(C)cc3)c(C(=O)O)s2)cc1. The Bertz CT molecular complexity index is 1070. The molecule has 0 radical (unpaired) electrons. The number of aromatic carboxylic acids is 1. The molecule has 0 saturated carbocycles. The van der Waals surface area contributed by atoms with Gasteiger partial charge in [-0.25, -0.2) is 13.2 Å². The number of nitrogens with one attached hydrogen (secondary N) is 1. The highest BCUT2D eigenvalue weighted by atomic mass is 32.2. The van der Waals surface area contributed by atoms with Gasteiger partial charge >= 0.3 is 5.97 Å². The summed E-state index contributed by atoms with van der Waals surface area (Å²) in [6.45, 7) is 1.85. The van der Waals surface area contributed by atoms with E-state index in [1.165, 1.54) is 18.2 Å². The molecule has 0 aliphatic rings. The van der Waals surface area contributed by atoms with Crippen molar-refractivity contribution in [2.75, 3.05) is 11.8 Å². The highest BCUT2D eigenvalue weighted by molar-refractivity contribution is 7.92. The first-order chi connectivity index (χ1) is 12.8. The number of carbonyl (C=O) groups is 1. The van der Waals surface area contributed by atoms with Gasteiger partial charge in [-0.05, 0) is 55.0 Å². The van der Waals surface area contributed by atoms with Gasteiger partial charge in [-0.15, -0.1) is 11.3 Å². The van der Waals surface area contributed by atoms with Crippen LogP contribution < -0.4 is 9.46 Å². The number of hydrogen-bond acceptors (Lipinski definition) is 5. The van der Waals surface area contributed by atoms with Crippen LogP contribution in [0.15, 0.2) is 59.5 Å². The second-order valence-corrected chi connectivity index (χ2v) is 8.54. The molecule has 0 atom stereocenters. The first-order valence-electron chi connectivity index (χ1n) is 7.91. The Morgan fingerprint density at radius 3 is 2.26 bits per heavy atom. The standard InChI is InChI=1S/C19H17NO5S2/c1-12-3-9-15(10-4-12)27(23,24)20-16-11-17(26-18(16)19(21)22)13-5-7-14(25-2)8-6-13/h3-11,20H,1-2H3,(H,21,22). The van der Waals surface area contributed by atoms with Crippen LogP contribution in [0.3, 0.4) is 0 Å². The molecule has 0 amide bonds. The van der Waals surface area contributed by atoms with E-state index < -0.39 is 16.0 Å². The van der Waals surface area contributed by atoms with Gasteiger partial charge in [0, 0.05) is 4.88 Å². The normalized spacial score (nSPS) is 11.2. The fourth-order valence-electron chi connectivity index (χ4n) is 2.44. The minimum atomic E-state index is -3.89. The Kier molecular flexibility index (Phi) is 5.20. The number of hydrogen-bond donors (Lipinski definition) is 2. The predicted octanol–water partition coefficient (Wildman–Crippen LogP) is 4.23. The summed E-state index contributed by atoms with van der Waals surface area (Å²) in [6.07, 6.45) is 0. The van der Waals surface area contributed by atoms with E-state index in [1.807, 2.05) is 6.92 Å². The zero-order chi connectivity index (χ0) is 19.6. The summed E-state index contributed by atoms with van der Waals surface area (Å²) in [5, 5.41) is 9.47. The van der Waals surface area contributed by atoms with Crippen LogP contribution in [0.4, 0.5) is 5.69 Å². The van der Waals surface area contributed by atoms with Gasteiger partial charge in [0.15, 0.2) is 0 Å². The lowest BCUT2D eigenvalue weighted by atomic mass is 10.2. The summed E-state index contributed by atoms with van der Waals surface area (Å²) in [4.78, 5) is 12.2. The summed E-state index contributed by atoms with van der Waals surface area (Å²) in [6, 6.07) is 14.9. The van der Waals surface area contributed by atoms with Crippen molar-refractivity contribution in [1.29, 1.82) is 0 Å². The lowest BCUT2D eigenvalue weighted by Gasteiger charge is -2.07. The third-order valence-corrected chi connectivity index (χ3v) is 6.43. The van der Waals surface area contributed by atoms with Crippen LogP contribution in [0.2, 0.25) is 0 Å². The fraction of sp³-hybridized carbons (Fsp3) is 0.105. The number of carboxylic acid groups (broad SMARTS) is 1. The zero-order valence-corrected chi connectivity index (χ0v) is 16.2. The van der Waals surface area contributed by atoms with Crippen molar-refractivity contribution in [1.82, 2.24) is 0 Å². The Morgan fingerprint density at radius 2 is 1.70 bits per heavy atom. The van der Waals surface area contributed by atoms with Crippen molar-refractivity contribution in [3.8, 4) is 16.2 Å². The summed E-state index contributed by atoms with van der Waals surface area (Å²) >= 11 is 1.01. The fourth-order valence-corrected chi connectivity index (χ4v) is 4.53. The Hall–Kier alpha value is -2.84. The van der Waals surface area contributed by atoms with Crippen molar-refractivity contribution >= 4 is 33.0 Å². The maximum absolute atomic E-state index is 12.6. The summed E-state index contributed by atoms with van der Waals surface area (Å²) < 4.78 is 32.7. The number of aryl methyl sites for hydroxylation is 1. The van der Waals surface area contributed by atoms with Crippen LogP contribution in [0.25, 0.3) is 10.4 Å². The molecule has 0 aliphatic carbocycles. The number of ether oxygens (including phenoxy) is 1. The summed E-state index contributed by atoms with van der Waals surface area (Å²) in [7, 11) is -2.34. The second-order valence-electron chi connectivity index (χ2n) is 5.81. The van der Waals surface area contributed by atoms with Gasteiger partial charge in [0.2, 0.25) is 0 Å². The number of carboxylic acids is 1. The van der Waals surface area contributed by atoms with Crippen molar-refractivity contribution in [3.05, 3.63) is 65.0 Å². The Morgan fingerprint density at radius 1 is 1.07 bits per heavy atom. The van der Waals surface area contributed by atoms with E-state index in [-0.39, 0.29) is 15.5 Å². The average molecular weight is 403 g/mol. The zero-order valence-electron chi connectivity index (χ0n) is 14.6. The maximum atomic E-state index is 12.6. The molecular formula is C19H17NO5S2. The first kappa shape index (κ1) is 18.9. The van der Waals surface area contributed by atoms with E-state index in [0.29, 0.717) is 10.6 Å². The predicted molar refractivity (Wildman–Crippen MR) is 105 cm³/mol. The molecule has 2 N–H and O–H groups in total. The van der Waals surface area contributed by atoms with Gasteiger partial charge in [0.25, 0.3) is 10.0 Å². The van der Waals surface area contributed by atoms with E-state index in [0.717, 1.165) is 22.5 Å². The molecule has 0 fully saturated rings. The molecule has 27 heavy (non-hydrogen) atoms. The van der Waals surface area contributed by atoms with Crippen LogP contribution in [-0.2, 0) is 10.0 Å². The molecule has 3 aromatic rings. The van der Waals surface area contributed by atoms with Gasteiger partial charge in [-0.3, -0.25) is 4.72 Å². The molecule has 2 aromatic carbocycles. The number of sulfonamides is 1. The number of methoxy groups -OCH3 is 1. The second kappa shape index (κ2) is 7.42. The van der Waals surface area contributed by atoms with Crippen LogP contribution in [0.1, 0.15) is 15.2 Å². The number of thiophene rings is 1. The smallest absolute Gasteiger partial charge is 0.348 e. The van der Waals surface area contributed by atoms with Crippen molar-refractivity contribution < 1.29 is 23.1 Å². The van der Waals surface area contributed by atoms with Gasteiger partial charge in [0.1, 0.15) is 10.6 Å². The van der Waals surface area contributed by atoms with Crippen LogP contribution >= 0.6 is 11.3 Å². The monoisotopic (exact) mass is 403 g/mol. The largest absolute Gasteiger partial charge is 0.497 e. The maximum Gasteiger partial charge on any atom is 0.348 e. The van der Waals surface area contributed by atoms with E-state index in [2.05, 4.69) is 4.72 Å². The highest BCUT2D eigenvalue weighted by Crippen LogP contribution is 2.36. The molecule has 8 heteroatoms. The quantitative estimate of drug-likeness (QED) is 0.642. The van der Waals surface area contributed by atoms with Gasteiger partial charge in [-0.1, -0.05) is 17.7 Å². The van der Waals surface area contributed by atoms with Crippen molar-refractivity contribution in [2.45, 2.75) is 11.8 Å². The summed E-state index contributed by atoms with van der Waals surface area (Å²) in [5.41, 5.74) is 1.74. The number of anilines is 1. The van der Waals surface area contributed by atoms with Crippen molar-refractivity contribution in [3.63, 3.8) is 0 Å². The minimum Gasteiger partial charge on any atom is -0.497 e. The van der Waals surface area contributed by atoms with Crippen LogP contribution in [0, 0.1) is 6.92 Å². The number of benzene rings is 2. The Labute approximate surface area is 161 Å². The van der Waals surface area contributed by atoms with Gasteiger partial charge < -0.3 is 9.84 Å². The third-order valence-electron chi connectivity index (χ3n) is 3.88. The molecule has 0 aliphatic heterocycles. The van der Waals surface area contributed by atoms with E-state index >= 15 is 0 Å². The first-order valence-corrected chi connectivity index (χ1v) is 10.2. The lowest BCUT2D eigenvalue weighted by molar-refractivity contribution is 0.0703. The summed E-state index contributed by atoms with van der Waals surface area (Å²) in [5.74, 6) is -0.518. The van der Waals surface area contributed by atoms with E-state index in [1.54, 1.807) is 43.5 Å². The minimum absolute atomic E-state index is 0.0406.